The van der Waals surface area contributed by atoms with Crippen molar-refractivity contribution in [2.45, 2.75) is 25.4 Å². The fraction of sp³-hybridized carbons (Fsp3) is 0.192. The van der Waals surface area contributed by atoms with Gasteiger partial charge in [-0.1, -0.05) is 66.7 Å². The molecule has 0 saturated carbocycles. The fourth-order valence-corrected chi connectivity index (χ4v) is 4.11. The smallest absolute Gasteiger partial charge is 0.287 e. The monoisotopic (exact) mass is 427 g/mol. The summed E-state index contributed by atoms with van der Waals surface area (Å²) in [5.74, 6) is -2.28. The normalized spacial score (nSPS) is 13.7. The predicted octanol–water partition coefficient (Wildman–Crippen LogP) is 2.64. The molecule has 3 aromatic rings. The first-order chi connectivity index (χ1) is 15.5. The Kier molecular flexibility index (Phi) is 6.31. The molecule has 3 aromatic carbocycles. The van der Waals surface area contributed by atoms with Gasteiger partial charge < -0.3 is 16.0 Å². The number of ketones is 1. The number of nitrogens with one attached hydrogen (secondary N) is 1. The number of nitrogens with two attached hydrogens (primary N) is 1. The molecule has 0 aliphatic carbocycles. The van der Waals surface area contributed by atoms with Gasteiger partial charge in [0.2, 0.25) is 5.78 Å². The van der Waals surface area contributed by atoms with Gasteiger partial charge in [-0.15, -0.1) is 0 Å². The van der Waals surface area contributed by atoms with Gasteiger partial charge >= 0.3 is 0 Å². The van der Waals surface area contributed by atoms with Gasteiger partial charge in [0.25, 0.3) is 11.8 Å². The highest BCUT2D eigenvalue weighted by Gasteiger charge is 2.27. The molecule has 1 aliphatic heterocycles. The van der Waals surface area contributed by atoms with Crippen LogP contribution >= 0.6 is 0 Å². The molecule has 0 fully saturated rings. The summed E-state index contributed by atoms with van der Waals surface area (Å²) in [4.78, 5) is 39.4. The molecular formula is C26H25N3O3. The zero-order valence-corrected chi connectivity index (χ0v) is 17.7. The fourth-order valence-electron chi connectivity index (χ4n) is 4.11. The topological polar surface area (TPSA) is 92.5 Å². The van der Waals surface area contributed by atoms with E-state index in [1.165, 1.54) is 11.1 Å². The average Bonchev–Trinajstić information content (AvgIpc) is 2.83. The molecule has 0 radical (unpaired) electrons. The molecule has 32 heavy (non-hydrogen) atoms. The van der Waals surface area contributed by atoms with E-state index in [0.29, 0.717) is 12.1 Å². The van der Waals surface area contributed by atoms with Crippen LogP contribution in [0.15, 0.2) is 78.9 Å². The van der Waals surface area contributed by atoms with Gasteiger partial charge in [-0.2, -0.15) is 0 Å². The molecule has 162 valence electrons. The molecule has 1 aliphatic rings. The summed E-state index contributed by atoms with van der Waals surface area (Å²) in [6.45, 7) is 1.49. The second-order valence-electron chi connectivity index (χ2n) is 7.90. The van der Waals surface area contributed by atoms with E-state index < -0.39 is 23.6 Å². The summed E-state index contributed by atoms with van der Waals surface area (Å²) in [5.41, 5.74) is 9.89. The number of hydrogen-bond donors (Lipinski definition) is 2. The summed E-state index contributed by atoms with van der Waals surface area (Å²) in [6, 6.07) is 23.8. The first-order valence-electron chi connectivity index (χ1n) is 10.6. The minimum Gasteiger partial charge on any atom is -0.366 e. The molecule has 0 saturated heterocycles. The number of nitrogens with zero attached hydrogens (tertiary/aromatic N) is 1. The molecule has 6 nitrogen and oxygen atoms in total. The first kappa shape index (κ1) is 21.3. The average molecular weight is 428 g/mol. The lowest BCUT2D eigenvalue weighted by atomic mass is 9.98. The number of para-hydroxylation sites is 1. The molecule has 1 unspecified atom stereocenters. The molecule has 0 bridgehead atoms. The number of anilines is 1. The van der Waals surface area contributed by atoms with Gasteiger partial charge in [-0.25, -0.2) is 0 Å². The molecule has 2 amide bonds. The molecule has 3 N–H and O–H groups in total. The zero-order valence-electron chi connectivity index (χ0n) is 17.7. The van der Waals surface area contributed by atoms with Crippen LogP contribution in [-0.2, 0) is 29.0 Å². The van der Waals surface area contributed by atoms with Crippen molar-refractivity contribution in [1.29, 1.82) is 0 Å². The lowest BCUT2D eigenvalue weighted by molar-refractivity contribution is -0.137. The lowest BCUT2D eigenvalue weighted by Gasteiger charge is -2.32. The second kappa shape index (κ2) is 9.47. The second-order valence-corrected chi connectivity index (χ2v) is 7.90. The highest BCUT2D eigenvalue weighted by molar-refractivity contribution is 6.38. The Labute approximate surface area is 187 Å². The molecule has 6 heteroatoms. The van der Waals surface area contributed by atoms with E-state index in [4.69, 9.17) is 5.73 Å². The van der Waals surface area contributed by atoms with Crippen molar-refractivity contribution in [3.05, 3.63) is 101 Å². The molecular weight excluding hydrogens is 402 g/mol. The van der Waals surface area contributed by atoms with Gasteiger partial charge in [-0.05, 0) is 35.2 Å². The third kappa shape index (κ3) is 4.70. The minimum absolute atomic E-state index is 0.188. The molecule has 1 heterocycles. The van der Waals surface area contributed by atoms with E-state index in [-0.39, 0.29) is 6.42 Å². The largest absolute Gasteiger partial charge is 0.366 e. The highest BCUT2D eigenvalue weighted by atomic mass is 16.2. The maximum absolute atomic E-state index is 13.2. The number of rotatable bonds is 7. The molecule has 4 rings (SSSR count). The molecule has 1 atom stereocenters. The Morgan fingerprint density at radius 1 is 0.875 bits per heavy atom. The number of amides is 2. The maximum atomic E-state index is 13.2. The Hall–Kier alpha value is -3.93. The van der Waals surface area contributed by atoms with E-state index in [2.05, 4.69) is 22.3 Å². The quantitative estimate of drug-likeness (QED) is 0.567. The summed E-state index contributed by atoms with van der Waals surface area (Å²) in [5, 5.41) is 2.75. The van der Waals surface area contributed by atoms with Crippen LogP contribution in [0.25, 0.3) is 0 Å². The zero-order chi connectivity index (χ0) is 22.5. The number of benzene rings is 3. The van der Waals surface area contributed by atoms with Crippen LogP contribution in [0.5, 0.6) is 0 Å². The highest BCUT2D eigenvalue weighted by Crippen LogP contribution is 2.27. The van der Waals surface area contributed by atoms with Crippen LogP contribution < -0.4 is 16.0 Å². The summed E-state index contributed by atoms with van der Waals surface area (Å²) in [6.07, 6.45) is 1.08. The SMILES string of the molecule is NC(=O)C(=O)C(Cc1ccccc1)NC(=O)c1ccccc1N1CCc2ccccc2C1. The van der Waals surface area contributed by atoms with Crippen molar-refractivity contribution in [2.24, 2.45) is 5.73 Å². The molecule has 0 spiro atoms. The minimum atomic E-state index is -1.06. The van der Waals surface area contributed by atoms with Crippen molar-refractivity contribution in [2.75, 3.05) is 11.4 Å². The Balaban J connectivity index is 1.57. The Morgan fingerprint density at radius 2 is 1.53 bits per heavy atom. The summed E-state index contributed by atoms with van der Waals surface area (Å²) in [7, 11) is 0. The van der Waals surface area contributed by atoms with Crippen molar-refractivity contribution >= 4 is 23.3 Å². The number of carbonyl (C=O) groups is 3. The van der Waals surface area contributed by atoms with Crippen LogP contribution in [0, 0.1) is 0 Å². The van der Waals surface area contributed by atoms with E-state index >= 15 is 0 Å². The number of carbonyl (C=O) groups excluding carboxylic acids is 3. The number of primary amides is 1. The first-order valence-corrected chi connectivity index (χ1v) is 10.6. The van der Waals surface area contributed by atoms with Crippen molar-refractivity contribution in [1.82, 2.24) is 5.32 Å². The number of fused-ring (bicyclic) bond motifs is 1. The number of Topliss-reactive ketones (excluding diaryl/α,β-unsaturated/α-hetero) is 1. The predicted molar refractivity (Wildman–Crippen MR) is 123 cm³/mol. The third-order valence-corrected chi connectivity index (χ3v) is 5.77. The van der Waals surface area contributed by atoms with Gasteiger partial charge in [0.1, 0.15) is 6.04 Å². The number of hydrogen-bond acceptors (Lipinski definition) is 4. The van der Waals surface area contributed by atoms with Crippen molar-refractivity contribution < 1.29 is 14.4 Å². The van der Waals surface area contributed by atoms with Gasteiger partial charge in [0.05, 0.1) is 5.56 Å². The lowest BCUT2D eigenvalue weighted by Crippen LogP contribution is -2.47. The van der Waals surface area contributed by atoms with Crippen LogP contribution in [0.2, 0.25) is 0 Å². The van der Waals surface area contributed by atoms with E-state index in [1.807, 2.05) is 54.6 Å². The van der Waals surface area contributed by atoms with Crippen LogP contribution in [0.4, 0.5) is 5.69 Å². The van der Waals surface area contributed by atoms with Crippen LogP contribution in [0.1, 0.15) is 27.0 Å². The van der Waals surface area contributed by atoms with Crippen molar-refractivity contribution in [3.8, 4) is 0 Å². The third-order valence-electron chi connectivity index (χ3n) is 5.77. The summed E-state index contributed by atoms with van der Waals surface area (Å²) >= 11 is 0. The Morgan fingerprint density at radius 3 is 2.28 bits per heavy atom. The summed E-state index contributed by atoms with van der Waals surface area (Å²) < 4.78 is 0. The standard InChI is InChI=1S/C26H25N3O3/c27-25(31)24(30)22(16-18-8-2-1-3-9-18)28-26(32)21-12-6-7-13-23(21)29-15-14-19-10-4-5-11-20(19)17-29/h1-13,22H,14-17H2,(H2,27,31)(H,28,32). The van der Waals surface area contributed by atoms with E-state index in [9.17, 15) is 14.4 Å². The van der Waals surface area contributed by atoms with Gasteiger partial charge in [-0.3, -0.25) is 14.4 Å². The van der Waals surface area contributed by atoms with Crippen molar-refractivity contribution in [3.63, 3.8) is 0 Å². The van der Waals surface area contributed by atoms with E-state index in [1.54, 1.807) is 12.1 Å². The maximum Gasteiger partial charge on any atom is 0.287 e. The molecule has 0 aromatic heterocycles. The van der Waals surface area contributed by atoms with Crippen LogP contribution in [-0.4, -0.2) is 30.2 Å². The van der Waals surface area contributed by atoms with Gasteiger partial charge in [0.15, 0.2) is 0 Å². The van der Waals surface area contributed by atoms with E-state index in [0.717, 1.165) is 24.2 Å². The van der Waals surface area contributed by atoms with Crippen LogP contribution in [0.3, 0.4) is 0 Å². The van der Waals surface area contributed by atoms with Gasteiger partial charge in [0, 0.05) is 25.2 Å². The Bertz CT molecular complexity index is 1140.